The average molecular weight is 291 g/mol. The summed E-state index contributed by atoms with van der Waals surface area (Å²) in [7, 11) is 0. The van der Waals surface area contributed by atoms with Gasteiger partial charge >= 0.3 is 0 Å². The first-order chi connectivity index (χ1) is 9.99. The van der Waals surface area contributed by atoms with Gasteiger partial charge in [0.2, 0.25) is 0 Å². The minimum atomic E-state index is -0.290. The lowest BCUT2D eigenvalue weighted by molar-refractivity contribution is 0.183. The molecule has 4 nitrogen and oxygen atoms in total. The van der Waals surface area contributed by atoms with Crippen LogP contribution in [-0.4, -0.2) is 27.5 Å². The van der Waals surface area contributed by atoms with Crippen molar-refractivity contribution in [2.24, 2.45) is 0 Å². The zero-order valence-electron chi connectivity index (χ0n) is 12.7. The van der Waals surface area contributed by atoms with Crippen LogP contribution in [0.2, 0.25) is 0 Å². The topological polar surface area (TPSA) is 50.1 Å². The molecule has 1 atom stereocenters. The Hall–Kier alpha value is -1.72. The van der Waals surface area contributed by atoms with Gasteiger partial charge in [-0.3, -0.25) is 0 Å². The lowest BCUT2D eigenvalue weighted by Crippen LogP contribution is -2.19. The van der Waals surface area contributed by atoms with E-state index in [4.69, 9.17) is 0 Å². The van der Waals surface area contributed by atoms with Crippen LogP contribution < -0.4 is 5.32 Å². The minimum absolute atomic E-state index is 0.250. The van der Waals surface area contributed by atoms with Crippen LogP contribution >= 0.6 is 0 Å². The first-order valence-electron chi connectivity index (χ1n) is 7.19. The molecule has 0 bridgehead atoms. The van der Waals surface area contributed by atoms with Crippen LogP contribution in [-0.2, 0) is 6.54 Å². The number of hydrogen-bond acceptors (Lipinski definition) is 3. The fraction of sp³-hybridized carbons (Fsp3) is 0.438. The van der Waals surface area contributed by atoms with Gasteiger partial charge < -0.3 is 10.4 Å². The maximum Gasteiger partial charge on any atom is 0.123 e. The third-order valence-electron chi connectivity index (χ3n) is 3.55. The van der Waals surface area contributed by atoms with Crippen molar-refractivity contribution in [1.29, 1.82) is 0 Å². The zero-order valence-corrected chi connectivity index (χ0v) is 12.7. The van der Waals surface area contributed by atoms with Crippen LogP contribution in [0.3, 0.4) is 0 Å². The second kappa shape index (κ2) is 6.83. The van der Waals surface area contributed by atoms with Gasteiger partial charge in [0.1, 0.15) is 5.82 Å². The van der Waals surface area contributed by atoms with Gasteiger partial charge in [-0.15, -0.1) is 0 Å². The zero-order chi connectivity index (χ0) is 15.4. The van der Waals surface area contributed by atoms with Gasteiger partial charge in [0.25, 0.3) is 0 Å². The number of benzene rings is 1. The Bertz CT molecular complexity index is 590. The van der Waals surface area contributed by atoms with Crippen LogP contribution in [0.1, 0.15) is 30.3 Å². The quantitative estimate of drug-likeness (QED) is 0.804. The van der Waals surface area contributed by atoms with Gasteiger partial charge in [-0.1, -0.05) is 0 Å². The molecule has 5 heteroatoms. The van der Waals surface area contributed by atoms with E-state index in [1.165, 1.54) is 12.1 Å². The highest BCUT2D eigenvalue weighted by molar-refractivity contribution is 5.37. The molecule has 1 aromatic heterocycles. The van der Waals surface area contributed by atoms with E-state index >= 15 is 0 Å². The maximum absolute atomic E-state index is 13.0. The Morgan fingerprint density at radius 2 is 1.95 bits per heavy atom. The summed E-state index contributed by atoms with van der Waals surface area (Å²) < 4.78 is 14.8. The summed E-state index contributed by atoms with van der Waals surface area (Å²) in [6, 6.07) is 6.32. The summed E-state index contributed by atoms with van der Waals surface area (Å²) in [5.74, 6) is -0.250. The number of nitrogens with one attached hydrogen (secondary N) is 1. The molecule has 0 spiro atoms. The maximum atomic E-state index is 13.0. The number of aromatic nitrogens is 2. The summed E-state index contributed by atoms with van der Waals surface area (Å²) in [5.41, 5.74) is 4.00. The van der Waals surface area contributed by atoms with Gasteiger partial charge in [0.15, 0.2) is 0 Å². The molecule has 0 aliphatic heterocycles. The standard InChI is InChI=1S/C16H22FN3O/c1-11(21)8-9-18-10-16-12(2)19-20(13(16)3)15-6-4-14(17)5-7-15/h4-7,11,18,21H,8-10H2,1-3H3. The number of hydrogen-bond donors (Lipinski definition) is 2. The van der Waals surface area contributed by atoms with E-state index in [9.17, 15) is 9.50 Å². The van der Waals surface area contributed by atoms with Gasteiger partial charge in [0.05, 0.1) is 17.5 Å². The third kappa shape index (κ3) is 3.89. The lowest BCUT2D eigenvalue weighted by atomic mass is 10.2. The molecular formula is C16H22FN3O. The van der Waals surface area contributed by atoms with E-state index in [2.05, 4.69) is 10.4 Å². The molecule has 1 unspecified atom stereocenters. The Labute approximate surface area is 124 Å². The number of aliphatic hydroxyl groups is 1. The molecule has 0 saturated heterocycles. The van der Waals surface area contributed by atoms with Gasteiger partial charge in [-0.05, 0) is 58.0 Å². The Morgan fingerprint density at radius 3 is 2.57 bits per heavy atom. The van der Waals surface area contributed by atoms with Crippen molar-refractivity contribution in [3.8, 4) is 5.69 Å². The van der Waals surface area contributed by atoms with E-state index < -0.39 is 0 Å². The van der Waals surface area contributed by atoms with Gasteiger partial charge in [0, 0.05) is 17.8 Å². The second-order valence-electron chi connectivity index (χ2n) is 5.35. The van der Waals surface area contributed by atoms with E-state index in [0.29, 0.717) is 6.54 Å². The summed E-state index contributed by atoms with van der Waals surface area (Å²) in [6.45, 7) is 7.24. The van der Waals surface area contributed by atoms with Crippen molar-refractivity contribution < 1.29 is 9.50 Å². The second-order valence-corrected chi connectivity index (χ2v) is 5.35. The highest BCUT2D eigenvalue weighted by atomic mass is 19.1. The van der Waals surface area contributed by atoms with Crippen LogP contribution in [0.15, 0.2) is 24.3 Å². The minimum Gasteiger partial charge on any atom is -0.393 e. The lowest BCUT2D eigenvalue weighted by Gasteiger charge is -2.08. The van der Waals surface area contributed by atoms with E-state index in [1.807, 2.05) is 18.5 Å². The molecule has 0 saturated carbocycles. The molecule has 114 valence electrons. The molecule has 0 fully saturated rings. The number of halogens is 1. The third-order valence-corrected chi connectivity index (χ3v) is 3.55. The van der Waals surface area contributed by atoms with Gasteiger partial charge in [-0.25, -0.2) is 9.07 Å². The summed E-state index contributed by atoms with van der Waals surface area (Å²) in [4.78, 5) is 0. The predicted octanol–water partition coefficient (Wildman–Crippen LogP) is 2.49. The van der Waals surface area contributed by atoms with E-state index in [0.717, 1.165) is 35.6 Å². The Kier molecular flexibility index (Phi) is 5.09. The van der Waals surface area contributed by atoms with Crippen LogP contribution in [0.4, 0.5) is 4.39 Å². The first kappa shape index (κ1) is 15.7. The molecule has 0 aliphatic rings. The Morgan fingerprint density at radius 1 is 1.29 bits per heavy atom. The van der Waals surface area contributed by atoms with Crippen molar-refractivity contribution in [1.82, 2.24) is 15.1 Å². The average Bonchev–Trinajstić information content (AvgIpc) is 2.71. The molecular weight excluding hydrogens is 269 g/mol. The monoisotopic (exact) mass is 291 g/mol. The molecule has 2 rings (SSSR count). The largest absolute Gasteiger partial charge is 0.393 e. The molecule has 0 amide bonds. The fourth-order valence-corrected chi connectivity index (χ4v) is 2.29. The summed E-state index contributed by atoms with van der Waals surface area (Å²) in [6.07, 6.45) is 0.436. The van der Waals surface area contributed by atoms with Crippen LogP contribution in [0.25, 0.3) is 5.69 Å². The number of rotatable bonds is 6. The highest BCUT2D eigenvalue weighted by Gasteiger charge is 2.12. The molecule has 2 N–H and O–H groups in total. The molecule has 21 heavy (non-hydrogen) atoms. The van der Waals surface area contributed by atoms with Crippen molar-refractivity contribution in [2.75, 3.05) is 6.54 Å². The Balaban J connectivity index is 2.12. The van der Waals surface area contributed by atoms with E-state index in [-0.39, 0.29) is 11.9 Å². The molecule has 0 radical (unpaired) electrons. The number of aryl methyl sites for hydroxylation is 1. The van der Waals surface area contributed by atoms with Crippen LogP contribution in [0, 0.1) is 19.7 Å². The van der Waals surface area contributed by atoms with E-state index in [1.54, 1.807) is 19.1 Å². The SMILES string of the molecule is Cc1nn(-c2ccc(F)cc2)c(C)c1CNCCC(C)O. The predicted molar refractivity (Wildman–Crippen MR) is 81.0 cm³/mol. The van der Waals surface area contributed by atoms with Crippen molar-refractivity contribution in [2.45, 2.75) is 39.8 Å². The number of nitrogens with zero attached hydrogens (tertiary/aromatic N) is 2. The number of aliphatic hydroxyl groups excluding tert-OH is 1. The van der Waals surface area contributed by atoms with Crippen molar-refractivity contribution in [3.05, 3.63) is 47.0 Å². The smallest absolute Gasteiger partial charge is 0.123 e. The molecule has 1 aromatic carbocycles. The van der Waals surface area contributed by atoms with Crippen molar-refractivity contribution >= 4 is 0 Å². The highest BCUT2D eigenvalue weighted by Crippen LogP contribution is 2.18. The van der Waals surface area contributed by atoms with Gasteiger partial charge in [-0.2, -0.15) is 5.10 Å². The first-order valence-corrected chi connectivity index (χ1v) is 7.19. The normalized spacial score (nSPS) is 12.6. The summed E-state index contributed by atoms with van der Waals surface area (Å²) >= 11 is 0. The summed E-state index contributed by atoms with van der Waals surface area (Å²) in [5, 5.41) is 17.1. The molecule has 1 heterocycles. The fourth-order valence-electron chi connectivity index (χ4n) is 2.29. The van der Waals surface area contributed by atoms with Crippen molar-refractivity contribution in [3.63, 3.8) is 0 Å². The van der Waals surface area contributed by atoms with Crippen LogP contribution in [0.5, 0.6) is 0 Å². The molecule has 0 aliphatic carbocycles. The molecule has 2 aromatic rings.